The number of nitrogens with one attached hydrogen (secondary N) is 1. The molecule has 2 aromatic rings. The summed E-state index contributed by atoms with van der Waals surface area (Å²) in [5, 5.41) is 3.39. The van der Waals surface area contributed by atoms with Gasteiger partial charge < -0.3 is 10.1 Å². The van der Waals surface area contributed by atoms with E-state index in [0.717, 1.165) is 31.0 Å². The third-order valence-corrected chi connectivity index (χ3v) is 2.78. The molecule has 1 N–H and O–H groups in total. The average Bonchev–Trinajstić information content (AvgIpc) is 2.45. The summed E-state index contributed by atoms with van der Waals surface area (Å²) in [6.45, 7) is 1.76. The summed E-state index contributed by atoms with van der Waals surface area (Å²) in [6.07, 6.45) is 2.83. The van der Waals surface area contributed by atoms with Crippen LogP contribution in [0.1, 0.15) is 11.3 Å². The van der Waals surface area contributed by atoms with E-state index < -0.39 is 0 Å². The first-order chi connectivity index (χ1) is 8.88. The Labute approximate surface area is 108 Å². The number of hydrogen-bond donors (Lipinski definition) is 1. The van der Waals surface area contributed by atoms with Gasteiger partial charge in [0.05, 0.1) is 12.8 Å². The van der Waals surface area contributed by atoms with Gasteiger partial charge in [0.25, 0.3) is 0 Å². The number of ether oxygens (including phenoxy) is 1. The van der Waals surface area contributed by atoms with Crippen LogP contribution < -0.4 is 10.1 Å². The quantitative estimate of drug-likeness (QED) is 0.790. The maximum absolute atomic E-state index is 5.13. The highest BCUT2D eigenvalue weighted by atomic mass is 16.5. The molecule has 1 heterocycles. The number of methoxy groups -OCH3 is 1. The summed E-state index contributed by atoms with van der Waals surface area (Å²) in [4.78, 5) is 4.27. The molecule has 0 unspecified atom stereocenters. The SMILES string of the molecule is COc1ccc(CCNCc2ccccn2)cc1. The molecule has 0 aliphatic rings. The second-order valence-corrected chi connectivity index (χ2v) is 4.10. The van der Waals surface area contributed by atoms with Crippen molar-refractivity contribution in [3.8, 4) is 5.75 Å². The fraction of sp³-hybridized carbons (Fsp3) is 0.267. The minimum atomic E-state index is 0.816. The molecular weight excluding hydrogens is 224 g/mol. The molecule has 0 amide bonds. The molecule has 0 spiro atoms. The lowest BCUT2D eigenvalue weighted by atomic mass is 10.1. The largest absolute Gasteiger partial charge is 0.497 e. The predicted molar refractivity (Wildman–Crippen MR) is 72.6 cm³/mol. The van der Waals surface area contributed by atoms with E-state index in [1.54, 1.807) is 7.11 Å². The second kappa shape index (κ2) is 6.77. The van der Waals surface area contributed by atoms with Crippen LogP contribution in [0.25, 0.3) is 0 Å². The molecule has 18 heavy (non-hydrogen) atoms. The van der Waals surface area contributed by atoms with Gasteiger partial charge in [-0.3, -0.25) is 4.98 Å². The van der Waals surface area contributed by atoms with Crippen molar-refractivity contribution in [2.45, 2.75) is 13.0 Å². The van der Waals surface area contributed by atoms with Crippen molar-refractivity contribution < 1.29 is 4.74 Å². The van der Waals surface area contributed by atoms with Crippen LogP contribution in [0.15, 0.2) is 48.7 Å². The Hall–Kier alpha value is -1.87. The van der Waals surface area contributed by atoms with E-state index in [2.05, 4.69) is 22.4 Å². The number of hydrogen-bond acceptors (Lipinski definition) is 3. The standard InChI is InChI=1S/C15H18N2O/c1-18-15-7-5-13(6-8-15)9-11-16-12-14-4-2-3-10-17-14/h2-8,10,16H,9,11-12H2,1H3. The number of pyridine rings is 1. The first kappa shape index (κ1) is 12.6. The summed E-state index contributed by atoms with van der Waals surface area (Å²) in [5.74, 6) is 0.903. The summed E-state index contributed by atoms with van der Waals surface area (Å²) in [5.41, 5.74) is 2.39. The van der Waals surface area contributed by atoms with E-state index >= 15 is 0 Å². The fourth-order valence-corrected chi connectivity index (χ4v) is 1.74. The third-order valence-electron chi connectivity index (χ3n) is 2.78. The number of nitrogens with zero attached hydrogens (tertiary/aromatic N) is 1. The number of aromatic nitrogens is 1. The highest BCUT2D eigenvalue weighted by molar-refractivity contribution is 5.27. The molecule has 0 saturated heterocycles. The maximum Gasteiger partial charge on any atom is 0.118 e. The van der Waals surface area contributed by atoms with E-state index in [0.29, 0.717) is 0 Å². The maximum atomic E-state index is 5.13. The lowest BCUT2D eigenvalue weighted by Crippen LogP contribution is -2.17. The van der Waals surface area contributed by atoms with Crippen molar-refractivity contribution in [3.05, 3.63) is 59.9 Å². The molecule has 2 rings (SSSR count). The highest BCUT2D eigenvalue weighted by Crippen LogP contribution is 2.11. The van der Waals surface area contributed by atoms with E-state index in [9.17, 15) is 0 Å². The van der Waals surface area contributed by atoms with Gasteiger partial charge in [-0.15, -0.1) is 0 Å². The molecule has 0 atom stereocenters. The zero-order chi connectivity index (χ0) is 12.6. The van der Waals surface area contributed by atoms with Crippen LogP contribution in [-0.2, 0) is 13.0 Å². The molecule has 1 aromatic carbocycles. The summed E-state index contributed by atoms with van der Waals surface area (Å²) >= 11 is 0. The lowest BCUT2D eigenvalue weighted by molar-refractivity contribution is 0.414. The molecule has 1 aromatic heterocycles. The van der Waals surface area contributed by atoms with Gasteiger partial charge in [-0.1, -0.05) is 18.2 Å². The van der Waals surface area contributed by atoms with Gasteiger partial charge >= 0.3 is 0 Å². The van der Waals surface area contributed by atoms with Crippen LogP contribution in [0.5, 0.6) is 5.75 Å². The Kier molecular flexibility index (Phi) is 4.73. The van der Waals surface area contributed by atoms with E-state index in [1.807, 2.05) is 36.5 Å². The Balaban J connectivity index is 1.72. The first-order valence-corrected chi connectivity index (χ1v) is 6.12. The zero-order valence-corrected chi connectivity index (χ0v) is 10.6. The fourth-order valence-electron chi connectivity index (χ4n) is 1.74. The minimum absolute atomic E-state index is 0.816. The summed E-state index contributed by atoms with van der Waals surface area (Å²) in [7, 11) is 1.68. The van der Waals surface area contributed by atoms with Gasteiger partial charge in [0, 0.05) is 12.7 Å². The third kappa shape index (κ3) is 3.86. The van der Waals surface area contributed by atoms with Gasteiger partial charge in [0.1, 0.15) is 5.75 Å². The second-order valence-electron chi connectivity index (χ2n) is 4.10. The van der Waals surface area contributed by atoms with Crippen LogP contribution in [0.3, 0.4) is 0 Å². The van der Waals surface area contributed by atoms with Crippen molar-refractivity contribution >= 4 is 0 Å². The zero-order valence-electron chi connectivity index (χ0n) is 10.6. The predicted octanol–water partition coefficient (Wildman–Crippen LogP) is 2.42. The highest BCUT2D eigenvalue weighted by Gasteiger charge is 1.95. The number of benzene rings is 1. The summed E-state index contributed by atoms with van der Waals surface area (Å²) in [6, 6.07) is 14.2. The Morgan fingerprint density at radius 2 is 1.94 bits per heavy atom. The van der Waals surface area contributed by atoms with Crippen LogP contribution in [0, 0.1) is 0 Å². The normalized spacial score (nSPS) is 10.3. The smallest absolute Gasteiger partial charge is 0.118 e. The Morgan fingerprint density at radius 3 is 2.61 bits per heavy atom. The molecule has 94 valence electrons. The molecule has 0 aliphatic heterocycles. The van der Waals surface area contributed by atoms with Crippen LogP contribution in [0.4, 0.5) is 0 Å². The first-order valence-electron chi connectivity index (χ1n) is 6.12. The molecule has 0 saturated carbocycles. The molecule has 3 nitrogen and oxygen atoms in total. The number of rotatable bonds is 6. The minimum Gasteiger partial charge on any atom is -0.497 e. The molecule has 0 radical (unpaired) electrons. The van der Waals surface area contributed by atoms with Gasteiger partial charge in [-0.05, 0) is 42.8 Å². The molecular formula is C15H18N2O. The van der Waals surface area contributed by atoms with Gasteiger partial charge in [0.15, 0.2) is 0 Å². The van der Waals surface area contributed by atoms with E-state index in [-0.39, 0.29) is 0 Å². The molecule has 0 aliphatic carbocycles. The van der Waals surface area contributed by atoms with Gasteiger partial charge in [-0.25, -0.2) is 0 Å². The van der Waals surface area contributed by atoms with Crippen molar-refractivity contribution in [3.63, 3.8) is 0 Å². The van der Waals surface area contributed by atoms with Crippen molar-refractivity contribution in [2.24, 2.45) is 0 Å². The van der Waals surface area contributed by atoms with Crippen molar-refractivity contribution in [2.75, 3.05) is 13.7 Å². The monoisotopic (exact) mass is 242 g/mol. The molecule has 0 fully saturated rings. The van der Waals surface area contributed by atoms with Crippen LogP contribution >= 0.6 is 0 Å². The Bertz CT molecular complexity index is 454. The van der Waals surface area contributed by atoms with Crippen molar-refractivity contribution in [1.29, 1.82) is 0 Å². The average molecular weight is 242 g/mol. The Morgan fingerprint density at radius 1 is 1.11 bits per heavy atom. The van der Waals surface area contributed by atoms with E-state index in [1.165, 1.54) is 5.56 Å². The molecule has 0 bridgehead atoms. The van der Waals surface area contributed by atoms with Gasteiger partial charge in [-0.2, -0.15) is 0 Å². The molecule has 3 heteroatoms. The van der Waals surface area contributed by atoms with Gasteiger partial charge in [0.2, 0.25) is 0 Å². The van der Waals surface area contributed by atoms with Crippen molar-refractivity contribution in [1.82, 2.24) is 10.3 Å². The summed E-state index contributed by atoms with van der Waals surface area (Å²) < 4.78 is 5.13. The topological polar surface area (TPSA) is 34.1 Å². The van der Waals surface area contributed by atoms with Crippen LogP contribution in [-0.4, -0.2) is 18.6 Å². The van der Waals surface area contributed by atoms with E-state index in [4.69, 9.17) is 4.74 Å². The lowest BCUT2D eigenvalue weighted by Gasteiger charge is -2.05. The van der Waals surface area contributed by atoms with Crippen LogP contribution in [0.2, 0.25) is 0 Å².